The van der Waals surface area contributed by atoms with Crippen molar-refractivity contribution in [3.63, 3.8) is 0 Å². The van der Waals surface area contributed by atoms with Gasteiger partial charge in [0.2, 0.25) is 5.89 Å². The maximum Gasteiger partial charge on any atom is 0.330 e. The number of aromatic amines is 1. The van der Waals surface area contributed by atoms with Crippen molar-refractivity contribution < 1.29 is 9.26 Å². The van der Waals surface area contributed by atoms with Crippen LogP contribution in [0, 0.1) is 19.8 Å². The van der Waals surface area contributed by atoms with E-state index in [0.717, 1.165) is 19.4 Å². The molecule has 9 heteroatoms. The summed E-state index contributed by atoms with van der Waals surface area (Å²) in [6.45, 7) is 8.38. The van der Waals surface area contributed by atoms with Gasteiger partial charge in [-0.15, -0.1) is 0 Å². The first kappa shape index (κ1) is 17.0. The van der Waals surface area contributed by atoms with Crippen molar-refractivity contribution in [2.75, 3.05) is 11.4 Å². The largest absolute Gasteiger partial charge is 0.349 e. The molecule has 9 nitrogen and oxygen atoms in total. The highest BCUT2D eigenvalue weighted by Gasteiger charge is 2.58. The average Bonchev–Trinajstić information content (AvgIpc) is 3.09. The number of nitrogens with one attached hydrogen (secondary N) is 1. The Hall–Kier alpha value is -2.42. The van der Waals surface area contributed by atoms with E-state index in [0.29, 0.717) is 17.4 Å². The highest BCUT2D eigenvalue weighted by molar-refractivity contribution is 5.35. The molecule has 2 saturated heterocycles. The number of hydrogen-bond donors (Lipinski definition) is 1. The van der Waals surface area contributed by atoms with E-state index in [1.165, 1.54) is 4.57 Å². The minimum Gasteiger partial charge on any atom is -0.349 e. The van der Waals surface area contributed by atoms with Crippen LogP contribution in [-0.4, -0.2) is 37.9 Å². The minimum absolute atomic E-state index is 0.135. The molecular formula is C17H23N5O4. The summed E-state index contributed by atoms with van der Waals surface area (Å²) < 4.78 is 13.1. The Morgan fingerprint density at radius 1 is 1.38 bits per heavy atom. The van der Waals surface area contributed by atoms with Crippen LogP contribution in [0.25, 0.3) is 0 Å². The Kier molecular flexibility index (Phi) is 3.80. The van der Waals surface area contributed by atoms with Crippen molar-refractivity contribution >= 4 is 5.95 Å². The predicted octanol–water partition coefficient (Wildman–Crippen LogP) is 1.13. The molecule has 26 heavy (non-hydrogen) atoms. The Morgan fingerprint density at radius 3 is 2.81 bits per heavy atom. The van der Waals surface area contributed by atoms with Gasteiger partial charge >= 0.3 is 5.69 Å². The number of piperidine rings is 1. The third kappa shape index (κ3) is 2.33. The Bertz CT molecular complexity index is 947. The van der Waals surface area contributed by atoms with Crippen LogP contribution in [0.5, 0.6) is 0 Å². The lowest BCUT2D eigenvalue weighted by molar-refractivity contribution is -0.0867. The zero-order valence-electron chi connectivity index (χ0n) is 15.4. The molecule has 0 spiro atoms. The number of H-pyrrole nitrogens is 1. The SMILES string of the molecule is CC[C@@]12CCN(c3noc(C)n3)[C@@H]([C@H](n3cc(C)c(=O)[nH]c3=O)O1)[C@@H]2C. The van der Waals surface area contributed by atoms with Crippen molar-refractivity contribution in [1.82, 2.24) is 19.7 Å². The van der Waals surface area contributed by atoms with E-state index in [9.17, 15) is 9.59 Å². The topological polar surface area (TPSA) is 106 Å². The number of hydrogen-bond acceptors (Lipinski definition) is 7. The molecule has 0 unspecified atom stereocenters. The molecular weight excluding hydrogens is 338 g/mol. The van der Waals surface area contributed by atoms with Crippen molar-refractivity contribution in [3.05, 3.63) is 38.5 Å². The van der Waals surface area contributed by atoms with Crippen LogP contribution in [0.2, 0.25) is 0 Å². The van der Waals surface area contributed by atoms with Gasteiger partial charge in [-0.1, -0.05) is 13.8 Å². The summed E-state index contributed by atoms with van der Waals surface area (Å²) in [6.07, 6.45) is 2.69. The number of rotatable bonds is 3. The number of aromatic nitrogens is 4. The van der Waals surface area contributed by atoms with Gasteiger partial charge in [0, 0.05) is 31.1 Å². The van der Waals surface area contributed by atoms with Gasteiger partial charge in [0.1, 0.15) is 0 Å². The molecule has 4 rings (SSSR count). The number of anilines is 1. The number of ether oxygens (including phenoxy) is 1. The fourth-order valence-electron chi connectivity index (χ4n) is 4.36. The van der Waals surface area contributed by atoms with E-state index < -0.39 is 11.9 Å². The second-order valence-corrected chi connectivity index (χ2v) is 7.24. The second-order valence-electron chi connectivity index (χ2n) is 7.24. The van der Waals surface area contributed by atoms with Crippen LogP contribution < -0.4 is 16.1 Å². The minimum atomic E-state index is -0.533. The smallest absolute Gasteiger partial charge is 0.330 e. The van der Waals surface area contributed by atoms with Gasteiger partial charge in [0.25, 0.3) is 11.5 Å². The van der Waals surface area contributed by atoms with Gasteiger partial charge < -0.3 is 14.2 Å². The van der Waals surface area contributed by atoms with E-state index in [1.807, 2.05) is 0 Å². The third-order valence-corrected chi connectivity index (χ3v) is 5.92. The Labute approximate surface area is 150 Å². The molecule has 0 saturated carbocycles. The molecule has 2 aliphatic heterocycles. The van der Waals surface area contributed by atoms with E-state index in [2.05, 4.69) is 33.9 Å². The highest BCUT2D eigenvalue weighted by Crippen LogP contribution is 2.51. The van der Waals surface area contributed by atoms with Crippen LogP contribution in [0.4, 0.5) is 5.95 Å². The molecule has 2 aromatic heterocycles. The molecule has 0 amide bonds. The van der Waals surface area contributed by atoms with Gasteiger partial charge in [-0.3, -0.25) is 14.3 Å². The van der Waals surface area contributed by atoms with Crippen LogP contribution in [0.1, 0.15) is 44.4 Å². The molecule has 2 bridgehead atoms. The predicted molar refractivity (Wildman–Crippen MR) is 93.2 cm³/mol. The van der Waals surface area contributed by atoms with Crippen molar-refractivity contribution in [2.24, 2.45) is 5.92 Å². The van der Waals surface area contributed by atoms with E-state index >= 15 is 0 Å². The van der Waals surface area contributed by atoms with Crippen molar-refractivity contribution in [2.45, 2.75) is 58.4 Å². The highest BCUT2D eigenvalue weighted by atomic mass is 16.5. The fourth-order valence-corrected chi connectivity index (χ4v) is 4.36. The van der Waals surface area contributed by atoms with Crippen molar-refractivity contribution in [3.8, 4) is 0 Å². The first-order valence-corrected chi connectivity index (χ1v) is 8.93. The number of aryl methyl sites for hydroxylation is 2. The summed E-state index contributed by atoms with van der Waals surface area (Å²) >= 11 is 0. The van der Waals surface area contributed by atoms with Crippen LogP contribution in [0.15, 0.2) is 20.3 Å². The first-order valence-electron chi connectivity index (χ1n) is 8.93. The van der Waals surface area contributed by atoms with Gasteiger partial charge in [-0.05, 0) is 24.9 Å². The molecule has 4 atom stereocenters. The van der Waals surface area contributed by atoms with Crippen LogP contribution in [-0.2, 0) is 4.74 Å². The summed E-state index contributed by atoms with van der Waals surface area (Å²) in [5.74, 6) is 1.16. The summed E-state index contributed by atoms with van der Waals surface area (Å²) in [6, 6.07) is -0.135. The van der Waals surface area contributed by atoms with E-state index in [4.69, 9.17) is 9.26 Å². The van der Waals surface area contributed by atoms with Gasteiger partial charge in [-0.2, -0.15) is 4.98 Å². The maximum absolute atomic E-state index is 12.5. The number of fused-ring (bicyclic) bond motifs is 2. The molecule has 1 N–H and O–H groups in total. The standard InChI is InChI=1S/C17H23N5O4/c1-5-17-6-7-21(15-18-11(4)26-20-15)12(10(17)3)14(25-17)22-8-9(2)13(23)19-16(22)24/h8,10,12,14H,5-7H2,1-4H3,(H,19,23,24)/t10-,12+,14+,17-/m0/s1. The number of nitrogens with zero attached hydrogens (tertiary/aromatic N) is 4. The zero-order chi connectivity index (χ0) is 18.6. The zero-order valence-corrected chi connectivity index (χ0v) is 15.4. The summed E-state index contributed by atoms with van der Waals surface area (Å²) in [7, 11) is 0. The molecule has 2 aliphatic rings. The van der Waals surface area contributed by atoms with E-state index in [-0.39, 0.29) is 23.1 Å². The van der Waals surface area contributed by atoms with Gasteiger partial charge in [0.05, 0.1) is 11.6 Å². The molecule has 2 aromatic rings. The monoisotopic (exact) mass is 361 g/mol. The lowest BCUT2D eigenvalue weighted by Gasteiger charge is -2.42. The molecule has 4 heterocycles. The van der Waals surface area contributed by atoms with Gasteiger partial charge in [0.15, 0.2) is 6.23 Å². The lowest BCUT2D eigenvalue weighted by atomic mass is 9.77. The molecule has 0 aromatic carbocycles. The molecule has 2 fully saturated rings. The van der Waals surface area contributed by atoms with Crippen molar-refractivity contribution in [1.29, 1.82) is 0 Å². The fraction of sp³-hybridized carbons (Fsp3) is 0.647. The molecule has 0 radical (unpaired) electrons. The van der Waals surface area contributed by atoms with Gasteiger partial charge in [-0.25, -0.2) is 4.79 Å². The first-order chi connectivity index (χ1) is 12.4. The Balaban J connectivity index is 1.83. The Morgan fingerprint density at radius 2 is 2.15 bits per heavy atom. The second kappa shape index (κ2) is 5.80. The van der Waals surface area contributed by atoms with Crippen LogP contribution >= 0.6 is 0 Å². The summed E-state index contributed by atoms with van der Waals surface area (Å²) in [5.41, 5.74) is -0.694. The average molecular weight is 361 g/mol. The summed E-state index contributed by atoms with van der Waals surface area (Å²) in [4.78, 5) is 33.0. The van der Waals surface area contributed by atoms with E-state index in [1.54, 1.807) is 20.0 Å². The normalized spacial score (nSPS) is 30.8. The maximum atomic E-state index is 12.5. The van der Waals surface area contributed by atoms with Crippen LogP contribution in [0.3, 0.4) is 0 Å². The third-order valence-electron chi connectivity index (χ3n) is 5.92. The quantitative estimate of drug-likeness (QED) is 0.873. The lowest BCUT2D eigenvalue weighted by Crippen LogP contribution is -2.53. The molecule has 140 valence electrons. The summed E-state index contributed by atoms with van der Waals surface area (Å²) in [5, 5.41) is 4.06. The molecule has 0 aliphatic carbocycles.